The molecule has 0 N–H and O–H groups in total. The van der Waals surface area contributed by atoms with Gasteiger partial charge < -0.3 is 0 Å². The molecule has 0 fully saturated rings. The first-order valence-electron chi connectivity index (χ1n) is 5.39. The van der Waals surface area contributed by atoms with Crippen LogP contribution in [0.25, 0.3) is 0 Å². The summed E-state index contributed by atoms with van der Waals surface area (Å²) in [4.78, 5) is 15.1. The molecular weight excluding hydrogens is 230 g/mol. The van der Waals surface area contributed by atoms with Crippen molar-refractivity contribution in [3.05, 3.63) is 59.3 Å². The lowest BCUT2D eigenvalue weighted by Gasteiger charge is -2.03. The van der Waals surface area contributed by atoms with Crippen molar-refractivity contribution in [3.63, 3.8) is 0 Å². The highest BCUT2D eigenvalue weighted by molar-refractivity contribution is 7.98. The Morgan fingerprint density at radius 3 is 2.59 bits per heavy atom. The fourth-order valence-electron chi connectivity index (χ4n) is 1.49. The normalized spacial score (nSPS) is 10.2. The van der Waals surface area contributed by atoms with E-state index in [4.69, 9.17) is 0 Å². The Morgan fingerprint density at radius 2 is 1.94 bits per heavy atom. The smallest absolute Gasteiger partial charge is 0.151 e. The molecular formula is C14H13NOS. The number of rotatable bonds is 4. The molecule has 0 aliphatic heterocycles. The van der Waals surface area contributed by atoms with Gasteiger partial charge in [0.25, 0.3) is 0 Å². The third-order valence-electron chi connectivity index (χ3n) is 2.46. The lowest BCUT2D eigenvalue weighted by atomic mass is 10.2. The number of carbonyl (C=O) groups excluding carboxylic acids is 1. The lowest BCUT2D eigenvalue weighted by Crippen LogP contribution is -1.92. The predicted molar refractivity (Wildman–Crippen MR) is 70.4 cm³/mol. The molecule has 0 bridgehead atoms. The van der Waals surface area contributed by atoms with E-state index in [0.29, 0.717) is 5.56 Å². The number of aldehydes is 1. The van der Waals surface area contributed by atoms with E-state index in [-0.39, 0.29) is 0 Å². The molecule has 1 heterocycles. The third kappa shape index (κ3) is 3.17. The molecule has 0 saturated carbocycles. The van der Waals surface area contributed by atoms with E-state index < -0.39 is 0 Å². The summed E-state index contributed by atoms with van der Waals surface area (Å²) in [6, 6.07) is 14.0. The number of pyridine rings is 1. The Hall–Kier alpha value is -1.61. The average Bonchev–Trinajstić information content (AvgIpc) is 2.38. The Kier molecular flexibility index (Phi) is 3.94. The monoisotopic (exact) mass is 243 g/mol. The summed E-state index contributed by atoms with van der Waals surface area (Å²) in [6.07, 6.45) is 0.841. The lowest BCUT2D eigenvalue weighted by molar-refractivity contribution is 0.112. The van der Waals surface area contributed by atoms with Crippen LogP contribution < -0.4 is 0 Å². The second kappa shape index (κ2) is 5.64. The van der Waals surface area contributed by atoms with E-state index in [1.165, 1.54) is 5.56 Å². The molecule has 2 nitrogen and oxygen atoms in total. The van der Waals surface area contributed by atoms with E-state index in [0.717, 1.165) is 22.8 Å². The second-order valence-electron chi connectivity index (χ2n) is 3.72. The molecule has 2 rings (SSSR count). The van der Waals surface area contributed by atoms with Crippen LogP contribution in [0.1, 0.15) is 21.6 Å². The first-order chi connectivity index (χ1) is 8.29. The van der Waals surface area contributed by atoms with Gasteiger partial charge in [-0.2, -0.15) is 0 Å². The highest BCUT2D eigenvalue weighted by atomic mass is 32.2. The number of hydrogen-bond acceptors (Lipinski definition) is 3. The van der Waals surface area contributed by atoms with Gasteiger partial charge in [-0.05, 0) is 24.6 Å². The number of thioether (sulfide) groups is 1. The van der Waals surface area contributed by atoms with Crippen LogP contribution in [0.15, 0.2) is 47.5 Å². The number of hydrogen-bond donors (Lipinski definition) is 0. The van der Waals surface area contributed by atoms with Gasteiger partial charge in [0.15, 0.2) is 6.29 Å². The number of aromatic nitrogens is 1. The molecule has 0 aliphatic rings. The van der Waals surface area contributed by atoms with Crippen molar-refractivity contribution >= 4 is 18.0 Å². The third-order valence-corrected chi connectivity index (χ3v) is 3.46. The maximum absolute atomic E-state index is 10.7. The van der Waals surface area contributed by atoms with Crippen LogP contribution in [-0.2, 0) is 5.75 Å². The van der Waals surface area contributed by atoms with Crippen molar-refractivity contribution in [3.8, 4) is 0 Å². The molecule has 1 aromatic heterocycles. The van der Waals surface area contributed by atoms with E-state index in [2.05, 4.69) is 17.1 Å². The maximum Gasteiger partial charge on any atom is 0.151 e. The van der Waals surface area contributed by atoms with Gasteiger partial charge in [0, 0.05) is 17.0 Å². The van der Waals surface area contributed by atoms with Crippen molar-refractivity contribution in [1.82, 2.24) is 4.98 Å². The summed E-state index contributed by atoms with van der Waals surface area (Å²) < 4.78 is 0. The summed E-state index contributed by atoms with van der Waals surface area (Å²) >= 11 is 1.68. The molecule has 1 aromatic carbocycles. The van der Waals surface area contributed by atoms with Crippen LogP contribution in [-0.4, -0.2) is 11.3 Å². The first-order valence-corrected chi connectivity index (χ1v) is 6.37. The Balaban J connectivity index is 2.05. The molecule has 0 radical (unpaired) electrons. The van der Waals surface area contributed by atoms with Gasteiger partial charge >= 0.3 is 0 Å². The first kappa shape index (κ1) is 11.9. The number of nitrogens with zero attached hydrogens (tertiary/aromatic N) is 1. The van der Waals surface area contributed by atoms with Crippen LogP contribution in [0.5, 0.6) is 0 Å². The van der Waals surface area contributed by atoms with Gasteiger partial charge in [-0.3, -0.25) is 4.79 Å². The highest BCUT2D eigenvalue weighted by Crippen LogP contribution is 2.21. The Bertz CT molecular complexity index is 511. The fourth-order valence-corrected chi connectivity index (χ4v) is 2.36. The van der Waals surface area contributed by atoms with Crippen molar-refractivity contribution in [2.45, 2.75) is 17.7 Å². The minimum atomic E-state index is 0.661. The summed E-state index contributed by atoms with van der Waals surface area (Å²) in [5.74, 6) is 0.897. The van der Waals surface area contributed by atoms with E-state index in [1.54, 1.807) is 11.8 Å². The fraction of sp³-hybridized carbons (Fsp3) is 0.143. The zero-order valence-electron chi connectivity index (χ0n) is 9.59. The zero-order valence-corrected chi connectivity index (χ0v) is 10.4. The quantitative estimate of drug-likeness (QED) is 0.608. The minimum absolute atomic E-state index is 0.661. The number of aryl methyl sites for hydroxylation is 1. The van der Waals surface area contributed by atoms with Gasteiger partial charge in [-0.15, -0.1) is 11.8 Å². The molecule has 0 amide bonds. The van der Waals surface area contributed by atoms with Gasteiger partial charge in [-0.1, -0.05) is 30.3 Å². The maximum atomic E-state index is 10.7. The molecule has 0 unspecified atom stereocenters. The highest BCUT2D eigenvalue weighted by Gasteiger charge is 2.01. The number of benzene rings is 1. The predicted octanol–water partition coefficient (Wildman–Crippen LogP) is 3.49. The Morgan fingerprint density at radius 1 is 1.18 bits per heavy atom. The molecule has 0 atom stereocenters. The average molecular weight is 243 g/mol. The van der Waals surface area contributed by atoms with Crippen LogP contribution in [0, 0.1) is 6.92 Å². The second-order valence-corrected chi connectivity index (χ2v) is 4.71. The SMILES string of the molecule is Cc1nc(SCc2ccccc2)ccc1C=O. The van der Waals surface area contributed by atoms with Crippen LogP contribution >= 0.6 is 11.8 Å². The van der Waals surface area contributed by atoms with E-state index >= 15 is 0 Å². The molecule has 0 spiro atoms. The molecule has 2 aromatic rings. The van der Waals surface area contributed by atoms with E-state index in [9.17, 15) is 4.79 Å². The number of carbonyl (C=O) groups is 1. The van der Waals surface area contributed by atoms with Gasteiger partial charge in [-0.25, -0.2) is 4.98 Å². The molecule has 86 valence electrons. The summed E-state index contributed by atoms with van der Waals surface area (Å²) in [5, 5.41) is 0.956. The minimum Gasteiger partial charge on any atom is -0.298 e. The molecule has 0 saturated heterocycles. The van der Waals surface area contributed by atoms with E-state index in [1.807, 2.05) is 37.3 Å². The Labute approximate surface area is 105 Å². The summed E-state index contributed by atoms with van der Waals surface area (Å²) in [5.41, 5.74) is 2.73. The largest absolute Gasteiger partial charge is 0.298 e. The molecule has 3 heteroatoms. The molecule has 17 heavy (non-hydrogen) atoms. The van der Waals surface area contributed by atoms with Gasteiger partial charge in [0.1, 0.15) is 0 Å². The van der Waals surface area contributed by atoms with Crippen molar-refractivity contribution in [1.29, 1.82) is 0 Å². The topological polar surface area (TPSA) is 30.0 Å². The van der Waals surface area contributed by atoms with Crippen LogP contribution in [0.3, 0.4) is 0 Å². The van der Waals surface area contributed by atoms with Gasteiger partial charge in [0.05, 0.1) is 5.03 Å². The van der Waals surface area contributed by atoms with Crippen LogP contribution in [0.2, 0.25) is 0 Å². The van der Waals surface area contributed by atoms with Crippen molar-refractivity contribution < 1.29 is 4.79 Å². The van der Waals surface area contributed by atoms with Crippen LogP contribution in [0.4, 0.5) is 0 Å². The van der Waals surface area contributed by atoms with Gasteiger partial charge in [0.2, 0.25) is 0 Å². The van der Waals surface area contributed by atoms with Crippen molar-refractivity contribution in [2.24, 2.45) is 0 Å². The van der Waals surface area contributed by atoms with Crippen molar-refractivity contribution in [2.75, 3.05) is 0 Å². The standard InChI is InChI=1S/C14H13NOS/c1-11-13(9-16)7-8-14(15-11)17-10-12-5-3-2-4-6-12/h2-9H,10H2,1H3. The zero-order chi connectivity index (χ0) is 12.1. The summed E-state index contributed by atoms with van der Waals surface area (Å²) in [7, 11) is 0. The molecule has 0 aliphatic carbocycles. The summed E-state index contributed by atoms with van der Waals surface area (Å²) in [6.45, 7) is 1.86.